The van der Waals surface area contributed by atoms with E-state index in [-0.39, 0.29) is 12.7 Å². The third kappa shape index (κ3) is 0.978. The molecule has 0 aliphatic carbocycles. The molecule has 6 heterocycles. The summed E-state index contributed by atoms with van der Waals surface area (Å²) in [5.41, 5.74) is 0. The Hall–Kier alpha value is 0.580. The second-order valence-electron chi connectivity index (χ2n) is 3.59. The Labute approximate surface area is 87.5 Å². The van der Waals surface area contributed by atoms with Crippen molar-refractivity contribution in [1.29, 1.82) is 0 Å². The number of aliphatic hydroxyl groups excluding tert-OH is 1. The maximum absolute atomic E-state index is 8.77. The minimum atomic E-state index is -1.25. The summed E-state index contributed by atoms with van der Waals surface area (Å²) >= 11 is 0. The van der Waals surface area contributed by atoms with Crippen molar-refractivity contribution in [3.05, 3.63) is 0 Å². The van der Waals surface area contributed by atoms with Crippen molar-refractivity contribution in [1.82, 2.24) is 0 Å². The Balaban J connectivity index is 1.54. The van der Waals surface area contributed by atoms with E-state index in [1.165, 1.54) is 0 Å². The van der Waals surface area contributed by atoms with Crippen LogP contribution in [0.25, 0.3) is 0 Å². The predicted octanol–water partition coefficient (Wildman–Crippen LogP) is 1.09. The van der Waals surface area contributed by atoms with Gasteiger partial charge in [0, 0.05) is 6.61 Å². The summed E-state index contributed by atoms with van der Waals surface area (Å²) in [5.74, 6) is -2.24. The van der Waals surface area contributed by atoms with Crippen LogP contribution in [0.2, 0.25) is 0 Å². The van der Waals surface area contributed by atoms with Gasteiger partial charge < -0.3 is 9.63 Å². The number of aliphatic hydroxyl groups is 1. The van der Waals surface area contributed by atoms with Gasteiger partial charge in [-0.3, -0.25) is 9.05 Å². The highest BCUT2D eigenvalue weighted by atomic mass is 31.2. The molecule has 6 aliphatic heterocycles. The van der Waals surface area contributed by atoms with Gasteiger partial charge in [-0.15, -0.1) is 0 Å². The summed E-state index contributed by atoms with van der Waals surface area (Å²) in [4.78, 5) is 0. The second kappa shape index (κ2) is 2.88. The molecule has 84 valence electrons. The third-order valence-corrected chi connectivity index (χ3v) is 5.13. The predicted molar refractivity (Wildman–Crippen MR) is 45.9 cm³/mol. The zero-order chi connectivity index (χ0) is 10.1. The SMILES string of the molecule is OCCCC1OP2OC1(C13OP(O1)O3)O2. The maximum atomic E-state index is 8.77. The first-order valence-corrected chi connectivity index (χ1v) is 6.81. The summed E-state index contributed by atoms with van der Waals surface area (Å²) in [6.45, 7) is 0.107. The van der Waals surface area contributed by atoms with Crippen LogP contribution in [0.15, 0.2) is 0 Å². The van der Waals surface area contributed by atoms with Crippen LogP contribution in [-0.4, -0.2) is 29.6 Å². The Bertz CT molecular complexity index is 289. The van der Waals surface area contributed by atoms with Crippen LogP contribution in [0.5, 0.6) is 0 Å². The van der Waals surface area contributed by atoms with Gasteiger partial charge in [0.25, 0.3) is 5.79 Å². The van der Waals surface area contributed by atoms with E-state index in [9.17, 15) is 0 Å². The van der Waals surface area contributed by atoms with Crippen LogP contribution in [-0.2, 0) is 27.1 Å². The molecule has 0 amide bonds. The molecule has 0 spiro atoms. The van der Waals surface area contributed by atoms with Crippen LogP contribution >= 0.6 is 17.2 Å². The Morgan fingerprint density at radius 3 is 2.33 bits per heavy atom. The lowest BCUT2D eigenvalue weighted by molar-refractivity contribution is -0.511. The van der Waals surface area contributed by atoms with Crippen LogP contribution in [0.4, 0.5) is 0 Å². The van der Waals surface area contributed by atoms with Crippen molar-refractivity contribution in [2.75, 3.05) is 6.61 Å². The van der Waals surface area contributed by atoms with Gasteiger partial charge in [0.05, 0.1) is 0 Å². The lowest BCUT2D eigenvalue weighted by atomic mass is 10.0. The Kier molecular flexibility index (Phi) is 1.84. The Morgan fingerprint density at radius 1 is 1.07 bits per heavy atom. The van der Waals surface area contributed by atoms with Crippen molar-refractivity contribution < 1.29 is 32.2 Å². The van der Waals surface area contributed by atoms with Gasteiger partial charge in [-0.25, -0.2) is 13.6 Å². The summed E-state index contributed by atoms with van der Waals surface area (Å²) in [6.07, 6.45) is 0.964. The molecule has 6 saturated heterocycles. The van der Waals surface area contributed by atoms with Crippen molar-refractivity contribution >= 4 is 17.2 Å². The summed E-state index contributed by atoms with van der Waals surface area (Å²) < 4.78 is 32.3. The van der Waals surface area contributed by atoms with Gasteiger partial charge in [-0.1, -0.05) is 0 Å². The fraction of sp³-hybridized carbons (Fsp3) is 1.00. The lowest BCUT2D eigenvalue weighted by Gasteiger charge is -2.62. The highest BCUT2D eigenvalue weighted by molar-refractivity contribution is 7.45. The van der Waals surface area contributed by atoms with E-state index >= 15 is 0 Å². The molecule has 4 bridgehead atoms. The molecule has 6 fully saturated rings. The minimum absolute atomic E-state index is 0.107. The van der Waals surface area contributed by atoms with Gasteiger partial charge in [0.15, 0.2) is 0 Å². The average Bonchev–Trinajstić information content (AvgIpc) is 2.48. The van der Waals surface area contributed by atoms with E-state index in [2.05, 4.69) is 0 Å². The first-order chi connectivity index (χ1) is 7.28. The first kappa shape index (κ1) is 9.59. The molecule has 1 N–H and O–H groups in total. The number of rotatable bonds is 4. The van der Waals surface area contributed by atoms with E-state index in [0.717, 1.165) is 0 Å². The zero-order valence-corrected chi connectivity index (χ0v) is 9.28. The molecule has 1 atom stereocenters. The number of hydrogen-bond acceptors (Lipinski definition) is 7. The molecule has 15 heavy (non-hydrogen) atoms. The second-order valence-corrected chi connectivity index (χ2v) is 5.61. The van der Waals surface area contributed by atoms with Gasteiger partial charge in [0.1, 0.15) is 6.10 Å². The van der Waals surface area contributed by atoms with Crippen molar-refractivity contribution in [3.8, 4) is 0 Å². The van der Waals surface area contributed by atoms with Crippen molar-refractivity contribution in [2.45, 2.75) is 30.7 Å². The molecule has 0 aromatic heterocycles. The molecule has 0 saturated carbocycles. The van der Waals surface area contributed by atoms with Crippen LogP contribution in [0, 0.1) is 0 Å². The zero-order valence-electron chi connectivity index (χ0n) is 7.49. The lowest BCUT2D eigenvalue weighted by Crippen LogP contribution is -2.74. The smallest absolute Gasteiger partial charge is 0.364 e. The third-order valence-electron chi connectivity index (χ3n) is 2.69. The molecular formula is C6H8O7P2. The molecular weight excluding hydrogens is 246 g/mol. The number of fused-ring (bicyclic) bond motifs is 1. The van der Waals surface area contributed by atoms with E-state index in [4.69, 9.17) is 32.2 Å². The normalized spacial score (nSPS) is 59.4. The number of hydrogen-bond donors (Lipinski definition) is 1. The van der Waals surface area contributed by atoms with E-state index in [0.29, 0.717) is 12.8 Å². The highest BCUT2D eigenvalue weighted by Gasteiger charge is 2.88. The molecule has 6 rings (SSSR count). The summed E-state index contributed by atoms with van der Waals surface area (Å²) in [6, 6.07) is 0. The van der Waals surface area contributed by atoms with Crippen molar-refractivity contribution in [3.63, 3.8) is 0 Å². The fourth-order valence-corrected chi connectivity index (χ4v) is 4.36. The minimum Gasteiger partial charge on any atom is -0.396 e. The molecule has 0 radical (unpaired) electrons. The van der Waals surface area contributed by atoms with Gasteiger partial charge in [-0.2, -0.15) is 0 Å². The van der Waals surface area contributed by atoms with E-state index < -0.39 is 29.0 Å². The van der Waals surface area contributed by atoms with Gasteiger partial charge >= 0.3 is 23.2 Å². The maximum Gasteiger partial charge on any atom is 0.364 e. The Morgan fingerprint density at radius 2 is 1.80 bits per heavy atom. The fourth-order valence-electron chi connectivity index (χ4n) is 1.90. The van der Waals surface area contributed by atoms with E-state index in [1.54, 1.807) is 0 Å². The standard InChI is InChI=1S/C6H8O7P2/c7-3-1-2-4-5(9-14(8-4)10-5)6-11-15(12-6)13-6/h4,7H,1-3H2. The highest BCUT2D eigenvalue weighted by Crippen LogP contribution is 2.85. The van der Waals surface area contributed by atoms with E-state index in [1.807, 2.05) is 0 Å². The largest absolute Gasteiger partial charge is 0.396 e. The monoisotopic (exact) mass is 254 g/mol. The molecule has 7 nitrogen and oxygen atoms in total. The van der Waals surface area contributed by atoms with Crippen LogP contribution < -0.4 is 0 Å². The molecule has 6 aliphatic rings. The molecule has 9 heteroatoms. The van der Waals surface area contributed by atoms with Gasteiger partial charge in [0.2, 0.25) is 0 Å². The molecule has 1 unspecified atom stereocenters. The topological polar surface area (TPSA) is 75.6 Å². The summed E-state index contributed by atoms with van der Waals surface area (Å²) in [7, 11) is -2.39. The molecule has 0 aromatic carbocycles. The quantitative estimate of drug-likeness (QED) is 0.752. The van der Waals surface area contributed by atoms with Crippen LogP contribution in [0.3, 0.4) is 0 Å². The average molecular weight is 254 g/mol. The summed E-state index contributed by atoms with van der Waals surface area (Å²) in [5, 5.41) is 8.77. The van der Waals surface area contributed by atoms with Crippen LogP contribution in [0.1, 0.15) is 12.8 Å². The van der Waals surface area contributed by atoms with Gasteiger partial charge in [-0.05, 0) is 12.8 Å². The molecule has 0 aromatic rings. The first-order valence-electron chi connectivity index (χ1n) is 4.61. The van der Waals surface area contributed by atoms with Crippen molar-refractivity contribution in [2.24, 2.45) is 0 Å².